The quantitative estimate of drug-likeness (QED) is 0.279. The first kappa shape index (κ1) is 28.5. The minimum atomic E-state index is -0.813. The van der Waals surface area contributed by atoms with Gasteiger partial charge in [0.25, 0.3) is 5.91 Å². The normalized spacial score (nSPS) is 16.6. The van der Waals surface area contributed by atoms with Crippen molar-refractivity contribution in [1.29, 1.82) is 0 Å². The Labute approximate surface area is 253 Å². The Bertz CT molecular complexity index is 1830. The highest BCUT2D eigenvalue weighted by Crippen LogP contribution is 2.46. The third-order valence-corrected chi connectivity index (χ3v) is 8.67. The van der Waals surface area contributed by atoms with Crippen molar-refractivity contribution in [3.63, 3.8) is 0 Å². The molecule has 44 heavy (non-hydrogen) atoms. The number of nitrogens with one attached hydrogen (secondary N) is 2. The Morgan fingerprint density at radius 2 is 1.66 bits per heavy atom. The summed E-state index contributed by atoms with van der Waals surface area (Å²) in [6, 6.07) is 12.6. The number of aromatic nitrogens is 1. The molecule has 2 saturated heterocycles. The summed E-state index contributed by atoms with van der Waals surface area (Å²) in [5.41, 5.74) is 0.0553. The molecule has 7 rings (SSSR count). The molecule has 3 aromatic carbocycles. The maximum Gasteiger partial charge on any atom is 0.256 e. The van der Waals surface area contributed by atoms with Crippen LogP contribution in [0.1, 0.15) is 29.6 Å². The molecule has 0 spiro atoms. The lowest BCUT2D eigenvalue weighted by atomic mass is 10.0. The number of benzene rings is 3. The number of nitrogens with zero attached hydrogens (tertiary/aromatic N) is 3. The Kier molecular flexibility index (Phi) is 7.75. The summed E-state index contributed by atoms with van der Waals surface area (Å²) < 4.78 is 29.2. The SMILES string of the molecule is O=C(CCN1CCOCC1)Nc1c(F)cc2c(=O)c(C(=O)NCCN3CCCC3)cn3c2c1Oc1cc2ccccc2cc1-3. The van der Waals surface area contributed by atoms with Crippen LogP contribution in [-0.4, -0.2) is 85.2 Å². The molecule has 0 atom stereocenters. The molecule has 2 fully saturated rings. The van der Waals surface area contributed by atoms with Gasteiger partial charge in [-0.15, -0.1) is 0 Å². The molecule has 0 aliphatic carbocycles. The third kappa shape index (κ3) is 5.42. The van der Waals surface area contributed by atoms with E-state index in [1.807, 2.05) is 36.4 Å². The molecule has 4 aromatic rings. The number of likely N-dealkylation sites (tertiary alicyclic amines) is 1. The van der Waals surface area contributed by atoms with E-state index in [0.717, 1.165) is 55.9 Å². The number of ether oxygens (including phenoxy) is 2. The molecule has 11 heteroatoms. The number of hydrogen-bond donors (Lipinski definition) is 2. The highest BCUT2D eigenvalue weighted by Gasteiger charge is 2.30. The average molecular weight is 600 g/mol. The van der Waals surface area contributed by atoms with Gasteiger partial charge in [-0.3, -0.25) is 19.3 Å². The van der Waals surface area contributed by atoms with Crippen molar-refractivity contribution >= 4 is 39.2 Å². The topological polar surface area (TPSA) is 105 Å². The van der Waals surface area contributed by atoms with Gasteiger partial charge in [-0.25, -0.2) is 4.39 Å². The molecule has 3 aliphatic heterocycles. The van der Waals surface area contributed by atoms with Gasteiger partial charge in [0.05, 0.1) is 24.3 Å². The molecular formula is C33H34FN5O5. The molecule has 0 bridgehead atoms. The van der Waals surface area contributed by atoms with Gasteiger partial charge in [0, 0.05) is 45.3 Å². The monoisotopic (exact) mass is 599 g/mol. The molecule has 4 heterocycles. The first-order valence-corrected chi connectivity index (χ1v) is 15.2. The lowest BCUT2D eigenvalue weighted by Gasteiger charge is -2.27. The van der Waals surface area contributed by atoms with Crippen LogP contribution in [-0.2, 0) is 9.53 Å². The highest BCUT2D eigenvalue weighted by molar-refractivity contribution is 6.04. The molecule has 0 radical (unpaired) electrons. The van der Waals surface area contributed by atoms with Crippen LogP contribution in [0.15, 0.2) is 53.5 Å². The fraction of sp³-hybridized carbons (Fsp3) is 0.364. The number of hydrogen-bond acceptors (Lipinski definition) is 7. The predicted octanol–water partition coefficient (Wildman–Crippen LogP) is 3.88. The second kappa shape index (κ2) is 12.0. The van der Waals surface area contributed by atoms with Crippen molar-refractivity contribution in [3.8, 4) is 17.2 Å². The van der Waals surface area contributed by atoms with Gasteiger partial charge in [0.2, 0.25) is 11.3 Å². The first-order valence-electron chi connectivity index (χ1n) is 15.2. The summed E-state index contributed by atoms with van der Waals surface area (Å²) in [6.07, 6.45) is 3.94. The Morgan fingerprint density at radius 1 is 0.932 bits per heavy atom. The van der Waals surface area contributed by atoms with E-state index < -0.39 is 17.2 Å². The van der Waals surface area contributed by atoms with Crippen LogP contribution in [0.2, 0.25) is 0 Å². The second-order valence-electron chi connectivity index (χ2n) is 11.5. The number of carbonyl (C=O) groups excluding carboxylic acids is 2. The molecular weight excluding hydrogens is 565 g/mol. The van der Waals surface area contributed by atoms with E-state index in [-0.39, 0.29) is 40.2 Å². The summed E-state index contributed by atoms with van der Waals surface area (Å²) in [5.74, 6) is -1.26. The van der Waals surface area contributed by atoms with Crippen molar-refractivity contribution < 1.29 is 23.5 Å². The van der Waals surface area contributed by atoms with Gasteiger partial charge in [-0.2, -0.15) is 0 Å². The van der Waals surface area contributed by atoms with Crippen LogP contribution in [0.25, 0.3) is 27.4 Å². The van der Waals surface area contributed by atoms with Crippen LogP contribution in [0.3, 0.4) is 0 Å². The van der Waals surface area contributed by atoms with E-state index in [4.69, 9.17) is 9.47 Å². The van der Waals surface area contributed by atoms with E-state index in [0.29, 0.717) is 44.3 Å². The van der Waals surface area contributed by atoms with Gasteiger partial charge in [-0.1, -0.05) is 24.3 Å². The minimum Gasteiger partial charge on any atom is -0.451 e. The number of rotatable bonds is 8. The van der Waals surface area contributed by atoms with Crippen molar-refractivity contribution in [3.05, 3.63) is 70.3 Å². The summed E-state index contributed by atoms with van der Waals surface area (Å²) >= 11 is 0. The number of anilines is 1. The first-order chi connectivity index (χ1) is 21.5. The third-order valence-electron chi connectivity index (χ3n) is 8.67. The number of fused-ring (bicyclic) bond motifs is 3. The molecule has 228 valence electrons. The fourth-order valence-corrected chi connectivity index (χ4v) is 6.30. The van der Waals surface area contributed by atoms with Crippen molar-refractivity contribution in [1.82, 2.24) is 19.7 Å². The van der Waals surface area contributed by atoms with Crippen LogP contribution in [0.5, 0.6) is 11.5 Å². The number of amides is 2. The van der Waals surface area contributed by atoms with E-state index in [1.54, 1.807) is 4.57 Å². The van der Waals surface area contributed by atoms with Crippen LogP contribution >= 0.6 is 0 Å². The molecule has 3 aliphatic rings. The number of pyridine rings is 1. The number of halogens is 1. The predicted molar refractivity (Wildman–Crippen MR) is 166 cm³/mol. The number of carbonyl (C=O) groups is 2. The molecule has 0 saturated carbocycles. The minimum absolute atomic E-state index is 0.00480. The zero-order chi connectivity index (χ0) is 30.2. The molecule has 2 N–H and O–H groups in total. The summed E-state index contributed by atoms with van der Waals surface area (Å²) in [4.78, 5) is 44.5. The van der Waals surface area contributed by atoms with Gasteiger partial charge in [0.1, 0.15) is 16.8 Å². The zero-order valence-electron chi connectivity index (χ0n) is 24.4. The maximum absolute atomic E-state index is 15.8. The fourth-order valence-electron chi connectivity index (χ4n) is 6.30. The zero-order valence-corrected chi connectivity index (χ0v) is 24.4. The van der Waals surface area contributed by atoms with Crippen LogP contribution in [0, 0.1) is 5.82 Å². The number of morpholine rings is 1. The van der Waals surface area contributed by atoms with Gasteiger partial charge in [-0.05, 0) is 54.9 Å². The summed E-state index contributed by atoms with van der Waals surface area (Å²) in [5, 5.41) is 7.41. The van der Waals surface area contributed by atoms with Crippen LogP contribution in [0.4, 0.5) is 10.1 Å². The lowest BCUT2D eigenvalue weighted by Crippen LogP contribution is -2.38. The smallest absolute Gasteiger partial charge is 0.256 e. The molecule has 2 amide bonds. The lowest BCUT2D eigenvalue weighted by molar-refractivity contribution is -0.116. The standard InChI is InChI=1S/C33H34FN5O5/c34-25-19-23-30-32(29(25)36-28(40)7-11-38-13-15-43-16-14-38)44-27-18-22-6-2-1-5-21(22)17-26(27)39(30)20-24(31(23)41)33(42)35-8-12-37-9-3-4-10-37/h1-2,5-6,17-20H,3-4,7-16H2,(H,35,42)(H,36,40). The maximum atomic E-state index is 15.8. The summed E-state index contributed by atoms with van der Waals surface area (Å²) in [6.45, 7) is 6.30. The molecule has 1 aromatic heterocycles. The Hall–Kier alpha value is -4.32. The van der Waals surface area contributed by atoms with Gasteiger partial charge < -0.3 is 29.6 Å². The Balaban J connectivity index is 1.28. The highest BCUT2D eigenvalue weighted by atomic mass is 19.1. The average Bonchev–Trinajstić information content (AvgIpc) is 3.56. The second-order valence-corrected chi connectivity index (χ2v) is 11.5. The van der Waals surface area contributed by atoms with Gasteiger partial charge in [0.15, 0.2) is 17.3 Å². The molecule has 0 unspecified atom stereocenters. The Morgan fingerprint density at radius 3 is 2.43 bits per heavy atom. The molecule has 10 nitrogen and oxygen atoms in total. The van der Waals surface area contributed by atoms with E-state index in [2.05, 4.69) is 20.4 Å². The van der Waals surface area contributed by atoms with Crippen molar-refractivity contribution in [2.24, 2.45) is 0 Å². The van der Waals surface area contributed by atoms with E-state index >= 15 is 4.39 Å². The summed E-state index contributed by atoms with van der Waals surface area (Å²) in [7, 11) is 0. The van der Waals surface area contributed by atoms with Gasteiger partial charge >= 0.3 is 0 Å². The van der Waals surface area contributed by atoms with E-state index in [9.17, 15) is 14.4 Å². The van der Waals surface area contributed by atoms with E-state index in [1.165, 1.54) is 6.20 Å². The van der Waals surface area contributed by atoms with Crippen LogP contribution < -0.4 is 20.8 Å². The van der Waals surface area contributed by atoms with Crippen molar-refractivity contribution in [2.45, 2.75) is 19.3 Å². The largest absolute Gasteiger partial charge is 0.451 e. The van der Waals surface area contributed by atoms with Crippen molar-refractivity contribution in [2.75, 3.05) is 64.3 Å².